The third kappa shape index (κ3) is 3.39. The van der Waals surface area contributed by atoms with Crippen LogP contribution in [0, 0.1) is 13.8 Å². The fourth-order valence-electron chi connectivity index (χ4n) is 2.28. The smallest absolute Gasteiger partial charge is 0.131 e. The van der Waals surface area contributed by atoms with E-state index in [4.69, 9.17) is 16.3 Å². The highest BCUT2D eigenvalue weighted by molar-refractivity contribution is 6.31. The van der Waals surface area contributed by atoms with Crippen LogP contribution in [0.15, 0.2) is 18.2 Å². The Morgan fingerprint density at radius 2 is 2.10 bits per heavy atom. The van der Waals surface area contributed by atoms with Gasteiger partial charge in [0.15, 0.2) is 0 Å². The molecule has 1 N–H and O–H groups in total. The topological polar surface area (TPSA) is 47.3 Å². The van der Waals surface area contributed by atoms with E-state index < -0.39 is 6.10 Å². The minimum atomic E-state index is -0.576. The zero-order valence-electron chi connectivity index (χ0n) is 12.9. The minimum Gasteiger partial charge on any atom is -0.487 e. The van der Waals surface area contributed by atoms with Crippen LogP contribution in [0.1, 0.15) is 42.5 Å². The first kappa shape index (κ1) is 15.9. The normalized spacial score (nSPS) is 12.5. The molecule has 2 aromatic rings. The van der Waals surface area contributed by atoms with Crippen molar-refractivity contribution in [3.63, 3.8) is 0 Å². The number of aliphatic hydroxyl groups excluding tert-OH is 1. The van der Waals surface area contributed by atoms with Crippen molar-refractivity contribution < 1.29 is 9.84 Å². The van der Waals surface area contributed by atoms with E-state index in [1.165, 1.54) is 0 Å². The number of aryl methyl sites for hydroxylation is 3. The lowest BCUT2D eigenvalue weighted by Crippen LogP contribution is -2.08. The lowest BCUT2D eigenvalue weighted by atomic mass is 10.1. The van der Waals surface area contributed by atoms with Crippen LogP contribution in [0.25, 0.3) is 0 Å². The second-order valence-corrected chi connectivity index (χ2v) is 5.55. The molecule has 0 unspecified atom stereocenters. The number of aliphatic hydroxyl groups is 1. The van der Waals surface area contributed by atoms with Crippen molar-refractivity contribution in [2.24, 2.45) is 0 Å². The van der Waals surface area contributed by atoms with Gasteiger partial charge in [0, 0.05) is 12.1 Å². The van der Waals surface area contributed by atoms with Crippen LogP contribution in [-0.4, -0.2) is 14.9 Å². The maximum atomic E-state index is 9.86. The van der Waals surface area contributed by atoms with Crippen molar-refractivity contribution in [3.8, 4) is 5.75 Å². The van der Waals surface area contributed by atoms with Crippen molar-refractivity contribution in [2.45, 2.75) is 47.0 Å². The molecule has 0 spiro atoms. The van der Waals surface area contributed by atoms with E-state index >= 15 is 0 Å². The summed E-state index contributed by atoms with van der Waals surface area (Å²) >= 11 is 6.27. The molecule has 0 amide bonds. The lowest BCUT2D eigenvalue weighted by molar-refractivity contribution is 0.189. The van der Waals surface area contributed by atoms with Crippen molar-refractivity contribution in [2.75, 3.05) is 0 Å². The summed E-state index contributed by atoms with van der Waals surface area (Å²) < 4.78 is 7.71. The van der Waals surface area contributed by atoms with E-state index in [9.17, 15) is 5.11 Å². The maximum Gasteiger partial charge on any atom is 0.131 e. The van der Waals surface area contributed by atoms with Crippen molar-refractivity contribution in [1.29, 1.82) is 0 Å². The number of ether oxygens (including phenoxy) is 1. The first-order valence-electron chi connectivity index (χ1n) is 7.07. The average molecular weight is 309 g/mol. The predicted molar refractivity (Wildman–Crippen MR) is 83.8 cm³/mol. The fraction of sp³-hybridized carbons (Fsp3) is 0.438. The van der Waals surface area contributed by atoms with Crippen LogP contribution in [0.5, 0.6) is 5.75 Å². The molecule has 5 heteroatoms. The van der Waals surface area contributed by atoms with E-state index in [0.29, 0.717) is 17.4 Å². The first-order chi connectivity index (χ1) is 9.93. The SMILES string of the molecule is CCn1nc(C)c(Cl)c1COc1ccc(C)cc1[C@H](C)O. The number of rotatable bonds is 5. The van der Waals surface area contributed by atoms with Crippen molar-refractivity contribution >= 4 is 11.6 Å². The van der Waals surface area contributed by atoms with Gasteiger partial charge in [-0.05, 0) is 39.8 Å². The van der Waals surface area contributed by atoms with Crippen LogP contribution in [0.4, 0.5) is 0 Å². The Morgan fingerprint density at radius 1 is 1.38 bits per heavy atom. The van der Waals surface area contributed by atoms with Crippen LogP contribution in [0.2, 0.25) is 5.02 Å². The number of aromatic nitrogens is 2. The van der Waals surface area contributed by atoms with E-state index in [2.05, 4.69) is 5.10 Å². The van der Waals surface area contributed by atoms with Gasteiger partial charge in [0.1, 0.15) is 12.4 Å². The molecule has 0 aliphatic rings. The lowest BCUT2D eigenvalue weighted by Gasteiger charge is -2.15. The minimum absolute atomic E-state index is 0.330. The quantitative estimate of drug-likeness (QED) is 0.913. The number of halogens is 1. The molecule has 0 fully saturated rings. The van der Waals surface area contributed by atoms with Crippen molar-refractivity contribution in [1.82, 2.24) is 9.78 Å². The Labute approximate surface area is 130 Å². The van der Waals surface area contributed by atoms with Gasteiger partial charge >= 0.3 is 0 Å². The molecule has 114 valence electrons. The van der Waals surface area contributed by atoms with Crippen LogP contribution in [-0.2, 0) is 13.2 Å². The van der Waals surface area contributed by atoms with Gasteiger partial charge in [0.2, 0.25) is 0 Å². The molecule has 1 atom stereocenters. The summed E-state index contributed by atoms with van der Waals surface area (Å²) in [6.45, 7) is 8.68. The van der Waals surface area contributed by atoms with Crippen LogP contribution >= 0.6 is 11.6 Å². The van der Waals surface area contributed by atoms with Gasteiger partial charge in [-0.15, -0.1) is 0 Å². The summed E-state index contributed by atoms with van der Waals surface area (Å²) in [5.41, 5.74) is 3.53. The summed E-state index contributed by atoms with van der Waals surface area (Å²) in [7, 11) is 0. The average Bonchev–Trinajstić information content (AvgIpc) is 2.72. The van der Waals surface area contributed by atoms with Gasteiger partial charge in [-0.25, -0.2) is 0 Å². The third-order valence-corrected chi connectivity index (χ3v) is 3.92. The van der Waals surface area contributed by atoms with Gasteiger partial charge in [-0.3, -0.25) is 4.68 Å². The summed E-state index contributed by atoms with van der Waals surface area (Å²) in [6, 6.07) is 5.78. The summed E-state index contributed by atoms with van der Waals surface area (Å²) in [5, 5.41) is 14.9. The number of benzene rings is 1. The Balaban J connectivity index is 2.25. The molecule has 0 aliphatic carbocycles. The molecule has 0 bridgehead atoms. The van der Waals surface area contributed by atoms with Crippen molar-refractivity contribution in [3.05, 3.63) is 45.7 Å². The molecule has 0 aliphatic heterocycles. The molecular weight excluding hydrogens is 288 g/mol. The molecule has 21 heavy (non-hydrogen) atoms. The molecule has 1 heterocycles. The Morgan fingerprint density at radius 3 is 2.71 bits per heavy atom. The monoisotopic (exact) mass is 308 g/mol. The van der Waals surface area contributed by atoms with Gasteiger partial charge < -0.3 is 9.84 Å². The van der Waals surface area contributed by atoms with Gasteiger partial charge in [-0.1, -0.05) is 23.2 Å². The largest absolute Gasteiger partial charge is 0.487 e. The van der Waals surface area contributed by atoms with Crippen LogP contribution in [0.3, 0.4) is 0 Å². The zero-order chi connectivity index (χ0) is 15.6. The summed E-state index contributed by atoms with van der Waals surface area (Å²) in [5.74, 6) is 0.674. The Bertz CT molecular complexity index is 635. The summed E-state index contributed by atoms with van der Waals surface area (Å²) in [6.07, 6.45) is -0.576. The van der Waals surface area contributed by atoms with E-state index in [1.807, 2.05) is 43.7 Å². The first-order valence-corrected chi connectivity index (χ1v) is 7.45. The third-order valence-electron chi connectivity index (χ3n) is 3.43. The molecule has 0 radical (unpaired) electrons. The predicted octanol–water partition coefficient (Wildman–Crippen LogP) is 3.81. The molecule has 4 nitrogen and oxygen atoms in total. The maximum absolute atomic E-state index is 9.86. The van der Waals surface area contributed by atoms with E-state index in [1.54, 1.807) is 6.92 Å². The number of nitrogens with zero attached hydrogens (tertiary/aromatic N) is 2. The molecular formula is C16H21ClN2O2. The zero-order valence-corrected chi connectivity index (χ0v) is 13.6. The Hall–Kier alpha value is -1.52. The highest BCUT2D eigenvalue weighted by Crippen LogP contribution is 2.28. The summed E-state index contributed by atoms with van der Waals surface area (Å²) in [4.78, 5) is 0. The van der Waals surface area contributed by atoms with E-state index in [0.717, 1.165) is 29.1 Å². The fourth-order valence-corrected chi connectivity index (χ4v) is 2.47. The molecule has 1 aromatic heterocycles. The van der Waals surface area contributed by atoms with Gasteiger partial charge in [0.05, 0.1) is 22.5 Å². The number of hydrogen-bond donors (Lipinski definition) is 1. The molecule has 1 aromatic carbocycles. The van der Waals surface area contributed by atoms with Crippen LogP contribution < -0.4 is 4.74 Å². The highest BCUT2D eigenvalue weighted by atomic mass is 35.5. The second-order valence-electron chi connectivity index (χ2n) is 5.17. The Kier molecular flexibility index (Phi) is 4.91. The van der Waals surface area contributed by atoms with Gasteiger partial charge in [-0.2, -0.15) is 5.10 Å². The molecule has 0 saturated heterocycles. The number of hydrogen-bond acceptors (Lipinski definition) is 3. The highest BCUT2D eigenvalue weighted by Gasteiger charge is 2.15. The molecule has 2 rings (SSSR count). The second kappa shape index (κ2) is 6.50. The molecule has 0 saturated carbocycles. The van der Waals surface area contributed by atoms with E-state index in [-0.39, 0.29) is 0 Å². The van der Waals surface area contributed by atoms with Gasteiger partial charge in [0.25, 0.3) is 0 Å². The standard InChI is InChI=1S/C16H21ClN2O2/c1-5-19-14(16(17)11(3)18-19)9-21-15-7-6-10(2)8-13(15)12(4)20/h6-8,12,20H,5,9H2,1-4H3/t12-/m0/s1.